The third-order valence-corrected chi connectivity index (χ3v) is 5.62. The number of alkyl carbamates (subject to hydrolysis) is 1. The standard InChI is InChI=1S/C24H24N4O6/c1-14(23(30)31)34-28-22(29)21(10-15-11-25-13-26-15)27-24(32)33-12-20-18-8-4-2-6-16(18)17-7-3-5-9-19(17)20/h2-9,11,13-14,20-21H,10,12H2,1H3,(H,25,26)(H,27,32)(H,28,29)(H,30,31). The van der Waals surface area contributed by atoms with Crippen LogP contribution in [-0.2, 0) is 25.6 Å². The fourth-order valence-corrected chi connectivity index (χ4v) is 3.88. The minimum atomic E-state index is -1.26. The number of carboxylic acid groups (broad SMARTS) is 1. The lowest BCUT2D eigenvalue weighted by Crippen LogP contribution is -2.49. The number of H-pyrrole nitrogens is 1. The monoisotopic (exact) mass is 464 g/mol. The third kappa shape index (κ3) is 5.07. The number of hydrogen-bond acceptors (Lipinski definition) is 6. The van der Waals surface area contributed by atoms with E-state index in [9.17, 15) is 14.4 Å². The topological polar surface area (TPSA) is 143 Å². The molecule has 0 spiro atoms. The smallest absolute Gasteiger partial charge is 0.407 e. The molecule has 2 atom stereocenters. The van der Waals surface area contributed by atoms with Gasteiger partial charge >= 0.3 is 12.1 Å². The number of imidazole rings is 1. The molecule has 10 nitrogen and oxygen atoms in total. The minimum absolute atomic E-state index is 0.0703. The van der Waals surface area contributed by atoms with E-state index < -0.39 is 30.1 Å². The van der Waals surface area contributed by atoms with Gasteiger partial charge in [0, 0.05) is 24.2 Å². The highest BCUT2D eigenvalue weighted by molar-refractivity contribution is 5.85. The summed E-state index contributed by atoms with van der Waals surface area (Å²) in [5.41, 5.74) is 7.02. The van der Waals surface area contributed by atoms with Crippen LogP contribution in [0.25, 0.3) is 11.1 Å². The Labute approximate surface area is 195 Å². The van der Waals surface area contributed by atoms with Crippen molar-refractivity contribution in [2.75, 3.05) is 6.61 Å². The first-order valence-corrected chi connectivity index (χ1v) is 10.7. The summed E-state index contributed by atoms with van der Waals surface area (Å²) in [7, 11) is 0. The predicted molar refractivity (Wildman–Crippen MR) is 121 cm³/mol. The summed E-state index contributed by atoms with van der Waals surface area (Å²) < 4.78 is 5.51. The molecule has 3 aromatic rings. The number of fused-ring (bicyclic) bond motifs is 3. The number of nitrogens with zero attached hydrogens (tertiary/aromatic N) is 1. The van der Waals surface area contributed by atoms with Gasteiger partial charge in [-0.25, -0.2) is 20.1 Å². The summed E-state index contributed by atoms with van der Waals surface area (Å²) in [5.74, 6) is -2.09. The maximum Gasteiger partial charge on any atom is 0.407 e. The summed E-state index contributed by atoms with van der Waals surface area (Å²) in [6, 6.07) is 14.8. The van der Waals surface area contributed by atoms with Gasteiger partial charge in [-0.3, -0.25) is 9.63 Å². The molecule has 4 rings (SSSR count). The van der Waals surface area contributed by atoms with E-state index in [2.05, 4.69) is 20.8 Å². The van der Waals surface area contributed by atoms with Gasteiger partial charge in [-0.05, 0) is 29.2 Å². The van der Waals surface area contributed by atoms with Gasteiger partial charge in [-0.2, -0.15) is 0 Å². The van der Waals surface area contributed by atoms with Crippen LogP contribution in [-0.4, -0.2) is 51.8 Å². The molecule has 1 heterocycles. The SMILES string of the molecule is CC(ONC(=O)C(Cc1cnc[nH]1)NC(=O)OCC1c2ccccc2-c2ccccc21)C(=O)O. The molecule has 2 amide bonds. The third-order valence-electron chi connectivity index (χ3n) is 5.62. The number of nitrogens with one attached hydrogen (secondary N) is 3. The molecule has 0 saturated heterocycles. The van der Waals surface area contributed by atoms with Crippen molar-refractivity contribution in [3.8, 4) is 11.1 Å². The van der Waals surface area contributed by atoms with Gasteiger partial charge in [0.1, 0.15) is 12.6 Å². The van der Waals surface area contributed by atoms with Crippen LogP contribution >= 0.6 is 0 Å². The number of aromatic nitrogens is 2. The number of rotatable bonds is 9. The maximum atomic E-state index is 12.6. The first-order valence-electron chi connectivity index (χ1n) is 10.7. The van der Waals surface area contributed by atoms with Gasteiger partial charge in [-0.15, -0.1) is 0 Å². The van der Waals surface area contributed by atoms with Crippen molar-refractivity contribution in [1.82, 2.24) is 20.8 Å². The van der Waals surface area contributed by atoms with Crippen LogP contribution in [0.1, 0.15) is 29.7 Å². The summed E-state index contributed by atoms with van der Waals surface area (Å²) in [5, 5.41) is 11.5. The Bertz CT molecular complexity index is 1130. The largest absolute Gasteiger partial charge is 0.479 e. The normalized spacial score (nSPS) is 13.9. The zero-order valence-corrected chi connectivity index (χ0v) is 18.4. The highest BCUT2D eigenvalue weighted by Crippen LogP contribution is 2.44. The van der Waals surface area contributed by atoms with E-state index in [-0.39, 0.29) is 18.9 Å². The number of hydrogen-bond donors (Lipinski definition) is 4. The molecule has 2 aromatic carbocycles. The Balaban J connectivity index is 1.42. The number of aliphatic carboxylic acids is 1. The van der Waals surface area contributed by atoms with E-state index >= 15 is 0 Å². The quantitative estimate of drug-likeness (QED) is 0.356. The van der Waals surface area contributed by atoms with Crippen molar-refractivity contribution in [2.45, 2.75) is 31.4 Å². The zero-order valence-electron chi connectivity index (χ0n) is 18.4. The molecule has 0 radical (unpaired) electrons. The van der Waals surface area contributed by atoms with Crippen molar-refractivity contribution in [2.24, 2.45) is 0 Å². The Kier molecular flexibility index (Phi) is 6.88. The van der Waals surface area contributed by atoms with Crippen LogP contribution in [0, 0.1) is 0 Å². The van der Waals surface area contributed by atoms with Crippen molar-refractivity contribution >= 4 is 18.0 Å². The summed E-state index contributed by atoms with van der Waals surface area (Å²) in [4.78, 5) is 47.8. The summed E-state index contributed by atoms with van der Waals surface area (Å²) in [6.07, 6.45) is 0.987. The zero-order chi connectivity index (χ0) is 24.1. The molecule has 0 saturated carbocycles. The highest BCUT2D eigenvalue weighted by atomic mass is 16.7. The molecule has 1 aliphatic rings. The van der Waals surface area contributed by atoms with Gasteiger partial charge in [0.05, 0.1) is 6.33 Å². The summed E-state index contributed by atoms with van der Waals surface area (Å²) in [6.45, 7) is 1.36. The van der Waals surface area contributed by atoms with E-state index in [0.29, 0.717) is 5.69 Å². The van der Waals surface area contributed by atoms with Gasteiger partial charge in [-0.1, -0.05) is 48.5 Å². The van der Waals surface area contributed by atoms with Crippen LogP contribution in [0.2, 0.25) is 0 Å². The molecule has 4 N–H and O–H groups in total. The molecule has 2 unspecified atom stereocenters. The van der Waals surface area contributed by atoms with E-state index in [1.165, 1.54) is 19.4 Å². The minimum Gasteiger partial charge on any atom is -0.479 e. The molecule has 1 aromatic heterocycles. The van der Waals surface area contributed by atoms with Gasteiger partial charge in [0.25, 0.3) is 5.91 Å². The Morgan fingerprint density at radius 2 is 1.74 bits per heavy atom. The molecule has 1 aliphatic carbocycles. The second-order valence-electron chi connectivity index (χ2n) is 7.87. The van der Waals surface area contributed by atoms with E-state index in [1.807, 2.05) is 48.5 Å². The molecule has 0 fully saturated rings. The van der Waals surface area contributed by atoms with Crippen molar-refractivity contribution < 1.29 is 29.1 Å². The summed E-state index contributed by atoms with van der Waals surface area (Å²) >= 11 is 0. The molecule has 10 heteroatoms. The first-order chi connectivity index (χ1) is 16.4. The molecular formula is C24H24N4O6. The fourth-order valence-electron chi connectivity index (χ4n) is 3.88. The molecule has 0 bridgehead atoms. The first kappa shape index (κ1) is 23.0. The lowest BCUT2D eigenvalue weighted by atomic mass is 9.98. The number of ether oxygens (including phenoxy) is 1. The lowest BCUT2D eigenvalue weighted by molar-refractivity contribution is -0.159. The predicted octanol–water partition coefficient (Wildman–Crippen LogP) is 2.38. The molecule has 34 heavy (non-hydrogen) atoms. The Hall–Kier alpha value is -4.18. The molecule has 0 aliphatic heterocycles. The van der Waals surface area contributed by atoms with Crippen LogP contribution in [0.5, 0.6) is 0 Å². The van der Waals surface area contributed by atoms with E-state index in [1.54, 1.807) is 0 Å². The Morgan fingerprint density at radius 1 is 1.09 bits per heavy atom. The van der Waals surface area contributed by atoms with Gasteiger partial charge in [0.2, 0.25) is 0 Å². The average Bonchev–Trinajstić information content (AvgIpc) is 3.46. The number of hydroxylamine groups is 1. The lowest BCUT2D eigenvalue weighted by Gasteiger charge is -2.19. The van der Waals surface area contributed by atoms with Crippen LogP contribution in [0.3, 0.4) is 0 Å². The second kappa shape index (κ2) is 10.2. The number of carboxylic acids is 1. The maximum absolute atomic E-state index is 12.6. The van der Waals surface area contributed by atoms with Gasteiger partial charge in [0.15, 0.2) is 6.10 Å². The number of aromatic amines is 1. The number of benzene rings is 2. The number of carbonyl (C=O) groups is 3. The van der Waals surface area contributed by atoms with E-state index in [0.717, 1.165) is 22.3 Å². The van der Waals surface area contributed by atoms with Crippen LogP contribution in [0.4, 0.5) is 4.79 Å². The molecular weight excluding hydrogens is 440 g/mol. The average molecular weight is 464 g/mol. The molecule has 176 valence electrons. The van der Waals surface area contributed by atoms with Crippen molar-refractivity contribution in [3.63, 3.8) is 0 Å². The van der Waals surface area contributed by atoms with Crippen LogP contribution < -0.4 is 10.8 Å². The van der Waals surface area contributed by atoms with Crippen LogP contribution in [0.15, 0.2) is 61.1 Å². The second-order valence-corrected chi connectivity index (χ2v) is 7.87. The number of amides is 2. The fraction of sp³-hybridized carbons (Fsp3) is 0.250. The number of carbonyl (C=O) groups excluding carboxylic acids is 2. The van der Waals surface area contributed by atoms with Gasteiger partial charge < -0.3 is 20.1 Å². The van der Waals surface area contributed by atoms with Crippen molar-refractivity contribution in [1.29, 1.82) is 0 Å². The highest BCUT2D eigenvalue weighted by Gasteiger charge is 2.30. The van der Waals surface area contributed by atoms with Crippen molar-refractivity contribution in [3.05, 3.63) is 77.9 Å². The van der Waals surface area contributed by atoms with E-state index in [4.69, 9.17) is 14.7 Å². The Morgan fingerprint density at radius 3 is 2.32 bits per heavy atom.